The van der Waals surface area contributed by atoms with E-state index in [1.54, 1.807) is 24.5 Å². The summed E-state index contributed by atoms with van der Waals surface area (Å²) in [6, 6.07) is 5.17. The van der Waals surface area contributed by atoms with Crippen molar-refractivity contribution in [1.82, 2.24) is 5.32 Å². The summed E-state index contributed by atoms with van der Waals surface area (Å²) in [5.74, 6) is -1.10. The van der Waals surface area contributed by atoms with Crippen LogP contribution in [-0.2, 0) is 16.0 Å². The lowest BCUT2D eigenvalue weighted by Crippen LogP contribution is -2.33. The molecular weight excluding hydrogens is 322 g/mol. The normalized spacial score (nSPS) is 11.7. The molecule has 1 amide bonds. The summed E-state index contributed by atoms with van der Waals surface area (Å²) in [4.78, 5) is 23.4. The van der Waals surface area contributed by atoms with Crippen molar-refractivity contribution in [2.75, 3.05) is 7.11 Å². The Bertz CT molecular complexity index is 684. The molecule has 0 bridgehead atoms. The number of benzene rings is 1. The first-order valence-corrected chi connectivity index (χ1v) is 7.25. The van der Waals surface area contributed by atoms with E-state index in [-0.39, 0.29) is 17.4 Å². The summed E-state index contributed by atoms with van der Waals surface area (Å²) in [5, 5.41) is 12.1. The molecule has 6 nitrogen and oxygen atoms in total. The van der Waals surface area contributed by atoms with Gasteiger partial charge in [-0.1, -0.05) is 17.7 Å². The number of hydrogen-bond acceptors (Lipinski definition) is 4. The lowest BCUT2D eigenvalue weighted by Gasteiger charge is -2.16. The van der Waals surface area contributed by atoms with E-state index >= 15 is 0 Å². The molecule has 2 aromatic rings. The Morgan fingerprint density at radius 2 is 2.17 bits per heavy atom. The third-order valence-electron chi connectivity index (χ3n) is 3.28. The van der Waals surface area contributed by atoms with Crippen molar-refractivity contribution in [3.05, 3.63) is 52.9 Å². The number of ether oxygens (including phenoxy) is 1. The fourth-order valence-electron chi connectivity index (χ4n) is 2.08. The number of furan rings is 1. The Kier molecular flexibility index (Phi) is 5.65. The van der Waals surface area contributed by atoms with Crippen LogP contribution in [0.2, 0.25) is 5.02 Å². The zero-order valence-electron chi connectivity index (χ0n) is 12.4. The Morgan fingerprint density at radius 3 is 2.74 bits per heavy atom. The minimum absolute atomic E-state index is 0.160. The predicted octanol–water partition coefficient (Wildman–Crippen LogP) is 2.82. The van der Waals surface area contributed by atoms with E-state index < -0.39 is 12.0 Å². The van der Waals surface area contributed by atoms with Crippen molar-refractivity contribution in [2.24, 2.45) is 0 Å². The number of rotatable bonds is 7. The van der Waals surface area contributed by atoms with Gasteiger partial charge in [-0.25, -0.2) is 4.79 Å². The Labute approximate surface area is 138 Å². The highest BCUT2D eigenvalue weighted by atomic mass is 35.5. The molecule has 0 aliphatic rings. The molecule has 1 heterocycles. The van der Waals surface area contributed by atoms with E-state index in [4.69, 9.17) is 20.8 Å². The Balaban J connectivity index is 2.04. The van der Waals surface area contributed by atoms with Crippen molar-refractivity contribution >= 4 is 23.5 Å². The maximum absolute atomic E-state index is 12.0. The van der Waals surface area contributed by atoms with Gasteiger partial charge in [-0.3, -0.25) is 4.79 Å². The van der Waals surface area contributed by atoms with Crippen molar-refractivity contribution in [2.45, 2.75) is 18.9 Å². The van der Waals surface area contributed by atoms with E-state index in [1.165, 1.54) is 19.4 Å². The van der Waals surface area contributed by atoms with Gasteiger partial charge in [0, 0.05) is 6.42 Å². The molecule has 0 fully saturated rings. The lowest BCUT2D eigenvalue weighted by atomic mass is 10.1. The number of carbonyl (C=O) groups is 2. The summed E-state index contributed by atoms with van der Waals surface area (Å²) >= 11 is 6.00. The van der Waals surface area contributed by atoms with E-state index in [2.05, 4.69) is 5.32 Å². The first kappa shape index (κ1) is 16.9. The predicted molar refractivity (Wildman–Crippen MR) is 83.6 cm³/mol. The highest BCUT2D eigenvalue weighted by molar-refractivity contribution is 6.32. The maximum atomic E-state index is 12.0. The fourth-order valence-corrected chi connectivity index (χ4v) is 2.34. The number of hydrogen-bond donors (Lipinski definition) is 2. The number of halogens is 1. The monoisotopic (exact) mass is 337 g/mol. The van der Waals surface area contributed by atoms with Crippen LogP contribution in [0.1, 0.15) is 23.6 Å². The molecule has 122 valence electrons. The van der Waals surface area contributed by atoms with E-state index in [9.17, 15) is 14.7 Å². The number of amides is 1. The Hall–Kier alpha value is -2.47. The van der Waals surface area contributed by atoms with Crippen LogP contribution in [0.4, 0.5) is 0 Å². The smallest absolute Gasteiger partial charge is 0.330 e. The molecule has 1 aromatic heterocycles. The molecule has 23 heavy (non-hydrogen) atoms. The minimum Gasteiger partial charge on any atom is -0.495 e. The fraction of sp³-hybridized carbons (Fsp3) is 0.250. The van der Waals surface area contributed by atoms with Crippen molar-refractivity contribution < 1.29 is 23.8 Å². The van der Waals surface area contributed by atoms with Crippen molar-refractivity contribution in [1.29, 1.82) is 0 Å². The molecule has 0 saturated heterocycles. The first-order chi connectivity index (χ1) is 11.0. The van der Waals surface area contributed by atoms with Gasteiger partial charge in [0.25, 0.3) is 0 Å². The van der Waals surface area contributed by atoms with Gasteiger partial charge >= 0.3 is 5.97 Å². The van der Waals surface area contributed by atoms with Crippen LogP contribution in [0.5, 0.6) is 5.75 Å². The van der Waals surface area contributed by atoms with Gasteiger partial charge in [0.05, 0.1) is 24.7 Å². The van der Waals surface area contributed by atoms with Crippen molar-refractivity contribution in [3.63, 3.8) is 0 Å². The van der Waals surface area contributed by atoms with Gasteiger partial charge < -0.3 is 19.6 Å². The van der Waals surface area contributed by atoms with Crippen LogP contribution in [0, 0.1) is 0 Å². The number of methoxy groups -OCH3 is 1. The van der Waals surface area contributed by atoms with Crippen LogP contribution in [-0.4, -0.2) is 24.1 Å². The summed E-state index contributed by atoms with van der Waals surface area (Å²) in [5.41, 5.74) is 1.25. The minimum atomic E-state index is -1.17. The second-order valence-electron chi connectivity index (χ2n) is 4.86. The molecular formula is C16H16ClNO5. The SMILES string of the molecule is COc1ccc(C(NC(=O)CCc2ccoc2)C(=O)O)cc1Cl. The lowest BCUT2D eigenvalue weighted by molar-refractivity contribution is -0.142. The van der Waals surface area contributed by atoms with Crippen LogP contribution in [0.25, 0.3) is 0 Å². The van der Waals surface area contributed by atoms with E-state index in [1.807, 2.05) is 0 Å². The molecule has 1 unspecified atom stereocenters. The van der Waals surface area contributed by atoms with Crippen LogP contribution in [0.15, 0.2) is 41.2 Å². The summed E-state index contributed by atoms with van der Waals surface area (Å²) in [6.07, 6.45) is 3.70. The van der Waals surface area contributed by atoms with Gasteiger partial charge in [0.2, 0.25) is 5.91 Å². The highest BCUT2D eigenvalue weighted by Crippen LogP contribution is 2.27. The zero-order chi connectivity index (χ0) is 16.8. The summed E-state index contributed by atoms with van der Waals surface area (Å²) in [7, 11) is 1.47. The van der Waals surface area contributed by atoms with Gasteiger partial charge in [-0.05, 0) is 35.7 Å². The maximum Gasteiger partial charge on any atom is 0.330 e. The average Bonchev–Trinajstić information content (AvgIpc) is 3.03. The number of nitrogens with one attached hydrogen (secondary N) is 1. The second-order valence-corrected chi connectivity index (χ2v) is 5.27. The number of aryl methyl sites for hydroxylation is 1. The third-order valence-corrected chi connectivity index (χ3v) is 3.58. The van der Waals surface area contributed by atoms with Gasteiger partial charge in [-0.15, -0.1) is 0 Å². The molecule has 0 aliphatic carbocycles. The Morgan fingerprint density at radius 1 is 1.39 bits per heavy atom. The van der Waals surface area contributed by atoms with Crippen molar-refractivity contribution in [3.8, 4) is 5.75 Å². The summed E-state index contributed by atoms with van der Waals surface area (Å²) in [6.45, 7) is 0. The molecule has 0 spiro atoms. The summed E-state index contributed by atoms with van der Waals surface area (Å²) < 4.78 is 9.94. The van der Waals surface area contributed by atoms with Crippen LogP contribution >= 0.6 is 11.6 Å². The molecule has 2 rings (SSSR count). The molecule has 0 radical (unpaired) electrons. The van der Waals surface area contributed by atoms with Gasteiger partial charge in [0.15, 0.2) is 6.04 Å². The van der Waals surface area contributed by atoms with Gasteiger partial charge in [0.1, 0.15) is 5.75 Å². The zero-order valence-corrected chi connectivity index (χ0v) is 13.2. The van der Waals surface area contributed by atoms with Crippen LogP contribution in [0.3, 0.4) is 0 Å². The number of carboxylic acid groups (broad SMARTS) is 1. The molecule has 1 atom stereocenters. The first-order valence-electron chi connectivity index (χ1n) is 6.88. The largest absolute Gasteiger partial charge is 0.495 e. The topological polar surface area (TPSA) is 88.8 Å². The van der Waals surface area contributed by atoms with Gasteiger partial charge in [-0.2, -0.15) is 0 Å². The number of carbonyl (C=O) groups excluding carboxylic acids is 1. The third kappa shape index (κ3) is 4.50. The highest BCUT2D eigenvalue weighted by Gasteiger charge is 2.23. The number of aliphatic carboxylic acids is 1. The number of carboxylic acids is 1. The van der Waals surface area contributed by atoms with E-state index in [0.29, 0.717) is 17.7 Å². The molecule has 7 heteroatoms. The molecule has 1 aromatic carbocycles. The van der Waals surface area contributed by atoms with Crippen LogP contribution < -0.4 is 10.1 Å². The molecule has 0 aliphatic heterocycles. The average molecular weight is 338 g/mol. The quantitative estimate of drug-likeness (QED) is 0.811. The standard InChI is InChI=1S/C16H16ClNO5/c1-22-13-4-3-11(8-12(13)17)15(16(20)21)18-14(19)5-2-10-6-7-23-9-10/h3-4,6-9,15H,2,5H2,1H3,(H,18,19)(H,20,21). The van der Waals surface area contributed by atoms with E-state index in [0.717, 1.165) is 5.56 Å². The molecule has 2 N–H and O–H groups in total. The molecule has 0 saturated carbocycles. The second kappa shape index (κ2) is 7.69.